The van der Waals surface area contributed by atoms with E-state index in [0.29, 0.717) is 18.0 Å². The number of hydrogen-bond donors (Lipinski definition) is 1. The standard InChI is InChI=1S/C16H21N3O/c1-15(2)12-7-6-10-9-19(5)18-13(10)16(12,3)8-11(17-4)14(15)20/h9,12,20H,6-8H2,1-3,5H3/t12-,16-/m0/s1. The van der Waals surface area contributed by atoms with Crippen molar-refractivity contribution in [1.82, 2.24) is 9.78 Å². The largest absolute Gasteiger partial charge is 0.523 e. The van der Waals surface area contributed by atoms with Crippen LogP contribution in [0, 0.1) is 17.9 Å². The minimum atomic E-state index is -0.359. The van der Waals surface area contributed by atoms with Crippen molar-refractivity contribution in [2.75, 3.05) is 0 Å². The summed E-state index contributed by atoms with van der Waals surface area (Å²) in [5.41, 5.74) is 2.42. The van der Waals surface area contributed by atoms with Crippen LogP contribution in [0.1, 0.15) is 44.9 Å². The molecule has 0 amide bonds. The lowest BCUT2D eigenvalue weighted by molar-refractivity contribution is 0.0627. The van der Waals surface area contributed by atoms with Crippen LogP contribution in [-0.2, 0) is 18.9 Å². The van der Waals surface area contributed by atoms with Gasteiger partial charge >= 0.3 is 0 Å². The van der Waals surface area contributed by atoms with Crippen molar-refractivity contribution in [1.29, 1.82) is 0 Å². The van der Waals surface area contributed by atoms with Gasteiger partial charge in [0.2, 0.25) is 5.70 Å². The van der Waals surface area contributed by atoms with Crippen LogP contribution in [0.4, 0.5) is 0 Å². The summed E-state index contributed by atoms with van der Waals surface area (Å²) < 4.78 is 1.88. The van der Waals surface area contributed by atoms with Crippen LogP contribution in [0.2, 0.25) is 0 Å². The Morgan fingerprint density at radius 2 is 2.15 bits per heavy atom. The average molecular weight is 271 g/mol. The summed E-state index contributed by atoms with van der Waals surface area (Å²) >= 11 is 0. The highest BCUT2D eigenvalue weighted by Crippen LogP contribution is 2.58. The first-order chi connectivity index (χ1) is 9.30. The van der Waals surface area contributed by atoms with Crippen LogP contribution in [-0.4, -0.2) is 14.9 Å². The number of aryl methyl sites for hydroxylation is 2. The summed E-state index contributed by atoms with van der Waals surface area (Å²) in [6, 6.07) is 0. The third-order valence-corrected chi connectivity index (χ3v) is 5.34. The van der Waals surface area contributed by atoms with Gasteiger partial charge in [-0.3, -0.25) is 4.68 Å². The van der Waals surface area contributed by atoms with Crippen molar-refractivity contribution in [2.24, 2.45) is 18.4 Å². The molecule has 4 heteroatoms. The Morgan fingerprint density at radius 1 is 1.45 bits per heavy atom. The third kappa shape index (κ3) is 1.49. The fraction of sp³-hybridized carbons (Fsp3) is 0.625. The molecular weight excluding hydrogens is 250 g/mol. The van der Waals surface area contributed by atoms with Crippen LogP contribution in [0.15, 0.2) is 17.7 Å². The second-order valence-corrected chi connectivity index (χ2v) is 6.99. The number of fused-ring (bicyclic) bond motifs is 3. The quantitative estimate of drug-likeness (QED) is 0.735. The highest BCUT2D eigenvalue weighted by Gasteiger charge is 2.54. The summed E-state index contributed by atoms with van der Waals surface area (Å²) in [6.07, 6.45) is 4.74. The number of aliphatic hydroxyl groups excluding tert-OH is 1. The predicted molar refractivity (Wildman–Crippen MR) is 77.0 cm³/mol. The topological polar surface area (TPSA) is 42.4 Å². The highest BCUT2D eigenvalue weighted by atomic mass is 16.3. The summed E-state index contributed by atoms with van der Waals surface area (Å²) in [7, 11) is 1.95. The molecule has 0 radical (unpaired) electrons. The Bertz CT molecular complexity index is 647. The number of aromatic nitrogens is 2. The number of rotatable bonds is 0. The maximum absolute atomic E-state index is 10.4. The molecule has 2 aliphatic rings. The Hall–Kier alpha value is -1.76. The van der Waals surface area contributed by atoms with Gasteiger partial charge in [-0.2, -0.15) is 5.10 Å². The average Bonchev–Trinajstić information content (AvgIpc) is 2.76. The molecule has 0 saturated heterocycles. The van der Waals surface area contributed by atoms with Gasteiger partial charge in [-0.25, -0.2) is 4.85 Å². The van der Waals surface area contributed by atoms with E-state index in [-0.39, 0.29) is 16.6 Å². The molecule has 1 heterocycles. The zero-order valence-corrected chi connectivity index (χ0v) is 12.6. The Labute approximate surface area is 119 Å². The maximum atomic E-state index is 10.4. The lowest BCUT2D eigenvalue weighted by Crippen LogP contribution is -2.49. The molecule has 0 unspecified atom stereocenters. The van der Waals surface area contributed by atoms with E-state index in [1.165, 1.54) is 5.56 Å². The highest BCUT2D eigenvalue weighted by molar-refractivity contribution is 5.39. The van der Waals surface area contributed by atoms with Gasteiger partial charge < -0.3 is 5.11 Å². The molecule has 0 spiro atoms. The maximum Gasteiger partial charge on any atom is 0.203 e. The second-order valence-electron chi connectivity index (χ2n) is 6.99. The molecule has 3 rings (SSSR count). The number of nitrogens with zero attached hydrogens (tertiary/aromatic N) is 3. The van der Waals surface area contributed by atoms with Crippen molar-refractivity contribution in [3.05, 3.63) is 40.3 Å². The number of allylic oxidation sites excluding steroid dienone is 2. The molecule has 1 aromatic heterocycles. The van der Waals surface area contributed by atoms with Crippen LogP contribution in [0.25, 0.3) is 4.85 Å². The fourth-order valence-electron chi connectivity index (χ4n) is 4.41. The van der Waals surface area contributed by atoms with Crippen molar-refractivity contribution < 1.29 is 5.11 Å². The summed E-state index contributed by atoms with van der Waals surface area (Å²) in [5.74, 6) is 0.609. The molecule has 0 fully saturated rings. The van der Waals surface area contributed by atoms with Crippen molar-refractivity contribution in [2.45, 2.75) is 45.4 Å². The molecule has 1 N–H and O–H groups in total. The molecule has 0 bridgehead atoms. The molecular formula is C16H21N3O. The van der Waals surface area contributed by atoms with E-state index in [0.717, 1.165) is 18.5 Å². The van der Waals surface area contributed by atoms with Crippen molar-refractivity contribution in [3.63, 3.8) is 0 Å². The zero-order chi connectivity index (χ0) is 14.7. The van der Waals surface area contributed by atoms with Gasteiger partial charge in [-0.05, 0) is 30.7 Å². The first kappa shape index (κ1) is 13.2. The molecule has 2 aliphatic carbocycles. The van der Waals surface area contributed by atoms with E-state index in [4.69, 9.17) is 6.57 Å². The van der Waals surface area contributed by atoms with Crippen molar-refractivity contribution in [3.8, 4) is 0 Å². The second kappa shape index (κ2) is 3.88. The van der Waals surface area contributed by atoms with Crippen LogP contribution < -0.4 is 0 Å². The van der Waals surface area contributed by atoms with Crippen LogP contribution >= 0.6 is 0 Å². The Kier molecular flexibility index (Phi) is 2.57. The minimum Gasteiger partial charge on any atom is -0.523 e. The monoisotopic (exact) mass is 271 g/mol. The third-order valence-electron chi connectivity index (χ3n) is 5.34. The normalized spacial score (nSPS) is 31.4. The van der Waals surface area contributed by atoms with E-state index < -0.39 is 0 Å². The zero-order valence-electron chi connectivity index (χ0n) is 12.6. The van der Waals surface area contributed by atoms with Gasteiger partial charge in [0.25, 0.3) is 0 Å². The molecule has 0 saturated carbocycles. The minimum absolute atomic E-state index is 0.148. The summed E-state index contributed by atoms with van der Waals surface area (Å²) in [5, 5.41) is 15.1. The molecule has 0 aromatic carbocycles. The van der Waals surface area contributed by atoms with E-state index >= 15 is 0 Å². The van der Waals surface area contributed by atoms with E-state index in [9.17, 15) is 5.11 Å². The van der Waals surface area contributed by atoms with Gasteiger partial charge in [0.05, 0.1) is 12.3 Å². The van der Waals surface area contributed by atoms with Gasteiger partial charge in [0.15, 0.2) is 0 Å². The molecule has 106 valence electrons. The number of aliphatic hydroxyl groups is 1. The molecule has 4 nitrogen and oxygen atoms in total. The van der Waals surface area contributed by atoms with E-state index in [1.54, 1.807) is 0 Å². The van der Waals surface area contributed by atoms with Gasteiger partial charge in [-0.15, -0.1) is 0 Å². The summed E-state index contributed by atoms with van der Waals surface area (Å²) in [4.78, 5) is 3.59. The first-order valence-corrected chi connectivity index (χ1v) is 7.13. The lowest BCUT2D eigenvalue weighted by Gasteiger charge is -2.51. The van der Waals surface area contributed by atoms with Crippen LogP contribution in [0.5, 0.6) is 0 Å². The van der Waals surface area contributed by atoms with E-state index in [2.05, 4.69) is 36.9 Å². The van der Waals surface area contributed by atoms with Gasteiger partial charge in [0, 0.05) is 24.1 Å². The predicted octanol–water partition coefficient (Wildman–Crippen LogP) is 3.36. The van der Waals surface area contributed by atoms with Gasteiger partial charge in [0.1, 0.15) is 5.76 Å². The molecule has 2 atom stereocenters. The van der Waals surface area contributed by atoms with E-state index in [1.807, 2.05) is 11.7 Å². The number of hydrogen-bond acceptors (Lipinski definition) is 2. The molecule has 1 aromatic rings. The Morgan fingerprint density at radius 3 is 2.80 bits per heavy atom. The van der Waals surface area contributed by atoms with Gasteiger partial charge in [-0.1, -0.05) is 20.8 Å². The smallest absolute Gasteiger partial charge is 0.203 e. The first-order valence-electron chi connectivity index (χ1n) is 7.13. The Balaban J connectivity index is 2.22. The fourth-order valence-corrected chi connectivity index (χ4v) is 4.41. The van der Waals surface area contributed by atoms with Crippen LogP contribution in [0.3, 0.4) is 0 Å². The molecule has 0 aliphatic heterocycles. The molecule has 20 heavy (non-hydrogen) atoms. The van der Waals surface area contributed by atoms with Crippen molar-refractivity contribution >= 4 is 0 Å². The lowest BCUT2D eigenvalue weighted by atomic mass is 9.53. The SMILES string of the molecule is [C-]#[N+]C1=C(O)C(C)(C)[C@@H]2CCc3cn(C)nc3[C@@]2(C)C1. The summed E-state index contributed by atoms with van der Waals surface area (Å²) in [6.45, 7) is 13.7.